The molecule has 1 unspecified atom stereocenters. The Bertz CT molecular complexity index is 586. The Hall–Kier alpha value is 0.150. The van der Waals surface area contributed by atoms with Crippen LogP contribution >= 0.6 is 39.1 Å². The van der Waals surface area contributed by atoms with Gasteiger partial charge in [-0.2, -0.15) is 4.31 Å². The first-order valence-electron chi connectivity index (χ1n) is 6.12. The normalized spacial score (nSPS) is 21.1. The molecule has 0 aliphatic carbocycles. The molecule has 0 saturated carbocycles. The Balaban J connectivity index is 2.49. The molecule has 0 bridgehead atoms. The van der Waals surface area contributed by atoms with Crippen LogP contribution in [0.25, 0.3) is 0 Å². The molecule has 1 aromatic rings. The lowest BCUT2D eigenvalue weighted by molar-refractivity contribution is 0.0314. The zero-order valence-electron chi connectivity index (χ0n) is 10.8. The summed E-state index contributed by atoms with van der Waals surface area (Å²) in [5.74, 6) is 0. The maximum Gasteiger partial charge on any atom is 0.246 e. The third-order valence-electron chi connectivity index (χ3n) is 3.17. The van der Waals surface area contributed by atoms with Crippen LogP contribution in [0.15, 0.2) is 21.5 Å². The molecule has 1 saturated heterocycles. The largest absolute Gasteiger partial charge is 0.378 e. The minimum atomic E-state index is -3.73. The highest BCUT2D eigenvalue weighted by molar-refractivity contribution is 9.10. The molecular formula is C12H14BrCl2NO3S. The molecule has 20 heavy (non-hydrogen) atoms. The van der Waals surface area contributed by atoms with Crippen LogP contribution in [0.1, 0.15) is 13.3 Å². The number of sulfonamides is 1. The fourth-order valence-electron chi connectivity index (χ4n) is 2.17. The molecule has 0 N–H and O–H groups in total. The molecular weight excluding hydrogens is 389 g/mol. The number of rotatable bonds is 3. The second kappa shape index (κ2) is 6.50. The standard InChI is InChI=1S/C12H14BrCl2NO3S/c1-2-9-7-19-4-3-16(9)20(17,18)12-10(14)5-8(13)6-11(12)15/h5-6,9H,2-4,7H2,1H3. The molecule has 4 nitrogen and oxygen atoms in total. The Labute approximate surface area is 137 Å². The highest BCUT2D eigenvalue weighted by Gasteiger charge is 2.35. The summed E-state index contributed by atoms with van der Waals surface area (Å²) >= 11 is 15.4. The predicted octanol–water partition coefficient (Wildman–Crippen LogP) is 3.56. The number of nitrogens with zero attached hydrogens (tertiary/aromatic N) is 1. The molecule has 8 heteroatoms. The number of hydrogen-bond donors (Lipinski definition) is 0. The van der Waals surface area contributed by atoms with Crippen molar-refractivity contribution in [1.29, 1.82) is 0 Å². The van der Waals surface area contributed by atoms with E-state index >= 15 is 0 Å². The lowest BCUT2D eigenvalue weighted by Gasteiger charge is -2.34. The van der Waals surface area contributed by atoms with Gasteiger partial charge in [-0.25, -0.2) is 8.42 Å². The molecule has 2 rings (SSSR count). The van der Waals surface area contributed by atoms with Gasteiger partial charge in [0, 0.05) is 17.1 Å². The quantitative estimate of drug-likeness (QED) is 0.776. The van der Waals surface area contributed by atoms with Gasteiger partial charge >= 0.3 is 0 Å². The molecule has 0 spiro atoms. The van der Waals surface area contributed by atoms with Crippen LogP contribution in [0.2, 0.25) is 10.0 Å². The average Bonchev–Trinajstić information content (AvgIpc) is 2.37. The van der Waals surface area contributed by atoms with Crippen LogP contribution < -0.4 is 0 Å². The summed E-state index contributed by atoms with van der Waals surface area (Å²) in [5.41, 5.74) is 0. The lowest BCUT2D eigenvalue weighted by Crippen LogP contribution is -2.48. The number of hydrogen-bond acceptors (Lipinski definition) is 3. The molecule has 0 amide bonds. The van der Waals surface area contributed by atoms with E-state index in [1.54, 1.807) is 0 Å². The van der Waals surface area contributed by atoms with E-state index in [1.165, 1.54) is 16.4 Å². The summed E-state index contributed by atoms with van der Waals surface area (Å²) in [6, 6.07) is 2.87. The molecule has 1 aliphatic heterocycles. The van der Waals surface area contributed by atoms with Gasteiger partial charge in [0.15, 0.2) is 0 Å². The lowest BCUT2D eigenvalue weighted by atomic mass is 10.2. The van der Waals surface area contributed by atoms with Crippen molar-refractivity contribution in [3.05, 3.63) is 26.7 Å². The smallest absolute Gasteiger partial charge is 0.246 e. The zero-order valence-corrected chi connectivity index (χ0v) is 14.7. The summed E-state index contributed by atoms with van der Waals surface area (Å²) in [4.78, 5) is -0.0376. The SMILES string of the molecule is CCC1COCCN1S(=O)(=O)c1c(Cl)cc(Br)cc1Cl. The van der Waals surface area contributed by atoms with Crippen molar-refractivity contribution in [3.8, 4) is 0 Å². The minimum absolute atomic E-state index is 0.0376. The Morgan fingerprint density at radius 2 is 2.00 bits per heavy atom. The third-order valence-corrected chi connectivity index (χ3v) is 6.51. The van der Waals surface area contributed by atoms with Crippen molar-refractivity contribution >= 4 is 49.2 Å². The van der Waals surface area contributed by atoms with Gasteiger partial charge in [-0.3, -0.25) is 0 Å². The molecule has 1 heterocycles. The van der Waals surface area contributed by atoms with Gasteiger partial charge in [0.2, 0.25) is 10.0 Å². The van der Waals surface area contributed by atoms with Crippen molar-refractivity contribution in [2.75, 3.05) is 19.8 Å². The van der Waals surface area contributed by atoms with Crippen LogP contribution in [0.3, 0.4) is 0 Å². The summed E-state index contributed by atoms with van der Waals surface area (Å²) in [7, 11) is -3.73. The van der Waals surface area contributed by atoms with Gasteiger partial charge in [-0.15, -0.1) is 0 Å². The van der Waals surface area contributed by atoms with Crippen molar-refractivity contribution in [1.82, 2.24) is 4.31 Å². The first-order chi connectivity index (χ1) is 9.37. The Kier molecular flexibility index (Phi) is 5.37. The van der Waals surface area contributed by atoms with Crippen molar-refractivity contribution in [2.24, 2.45) is 0 Å². The third kappa shape index (κ3) is 3.15. The minimum Gasteiger partial charge on any atom is -0.378 e. The van der Waals surface area contributed by atoms with Gasteiger partial charge in [-0.1, -0.05) is 46.1 Å². The second-order valence-electron chi connectivity index (χ2n) is 4.45. The van der Waals surface area contributed by atoms with Crippen molar-refractivity contribution in [2.45, 2.75) is 24.3 Å². The summed E-state index contributed by atoms with van der Waals surface area (Å²) < 4.78 is 33.0. The maximum atomic E-state index is 12.8. The second-order valence-corrected chi connectivity index (χ2v) is 8.01. The van der Waals surface area contributed by atoms with Gasteiger partial charge in [0.05, 0.1) is 23.3 Å². The van der Waals surface area contributed by atoms with Crippen molar-refractivity contribution in [3.63, 3.8) is 0 Å². The van der Waals surface area contributed by atoms with E-state index in [9.17, 15) is 8.42 Å². The number of morpholine rings is 1. The molecule has 112 valence electrons. The molecule has 0 radical (unpaired) electrons. The number of halogens is 3. The first-order valence-corrected chi connectivity index (χ1v) is 9.11. The van der Waals surface area contributed by atoms with Gasteiger partial charge in [0.25, 0.3) is 0 Å². The molecule has 1 fully saturated rings. The zero-order chi connectivity index (χ0) is 14.9. The first kappa shape index (κ1) is 16.5. The fourth-order valence-corrected chi connectivity index (χ4v) is 5.73. The van der Waals surface area contributed by atoms with Crippen LogP contribution in [0, 0.1) is 0 Å². The number of benzene rings is 1. The highest BCUT2D eigenvalue weighted by Crippen LogP contribution is 2.35. The predicted molar refractivity (Wildman–Crippen MR) is 83.0 cm³/mol. The highest BCUT2D eigenvalue weighted by atomic mass is 79.9. The van der Waals surface area contributed by atoms with Crippen LogP contribution in [0.4, 0.5) is 0 Å². The van der Waals surface area contributed by atoms with E-state index in [2.05, 4.69) is 15.9 Å². The van der Waals surface area contributed by atoms with E-state index in [4.69, 9.17) is 27.9 Å². The fraction of sp³-hybridized carbons (Fsp3) is 0.500. The number of ether oxygens (including phenoxy) is 1. The Morgan fingerprint density at radius 1 is 1.40 bits per heavy atom. The van der Waals surface area contributed by atoms with Gasteiger partial charge < -0.3 is 4.74 Å². The van der Waals surface area contributed by atoms with E-state index < -0.39 is 10.0 Å². The average molecular weight is 403 g/mol. The summed E-state index contributed by atoms with van der Waals surface area (Å²) in [6.07, 6.45) is 0.672. The molecule has 1 atom stereocenters. The topological polar surface area (TPSA) is 46.6 Å². The Morgan fingerprint density at radius 3 is 2.55 bits per heavy atom. The van der Waals surface area contributed by atoms with Gasteiger partial charge in [-0.05, 0) is 18.6 Å². The molecule has 1 aliphatic rings. The van der Waals surface area contributed by atoms with Crippen molar-refractivity contribution < 1.29 is 13.2 Å². The summed E-state index contributed by atoms with van der Waals surface area (Å²) in [5, 5.41) is 0.233. The van der Waals surface area contributed by atoms with Crippen LogP contribution in [-0.2, 0) is 14.8 Å². The molecule has 1 aromatic carbocycles. The van der Waals surface area contributed by atoms with E-state index in [0.717, 1.165) is 0 Å². The molecule has 0 aromatic heterocycles. The monoisotopic (exact) mass is 401 g/mol. The van der Waals surface area contributed by atoms with Gasteiger partial charge in [0.1, 0.15) is 4.90 Å². The van der Waals surface area contributed by atoms with Crippen LogP contribution in [-0.4, -0.2) is 38.5 Å². The van der Waals surface area contributed by atoms with E-state index in [1.807, 2.05) is 6.92 Å². The summed E-state index contributed by atoms with van der Waals surface area (Å²) in [6.45, 7) is 3.00. The van der Waals surface area contributed by atoms with Crippen LogP contribution in [0.5, 0.6) is 0 Å². The van der Waals surface area contributed by atoms with E-state index in [-0.39, 0.29) is 21.0 Å². The van der Waals surface area contributed by atoms with E-state index in [0.29, 0.717) is 30.7 Å². The maximum absolute atomic E-state index is 12.8.